The molecule has 0 radical (unpaired) electrons. The molecule has 0 fully saturated rings. The second-order valence-electron chi connectivity index (χ2n) is 4.68. The van der Waals surface area contributed by atoms with Crippen LogP contribution < -0.4 is 5.32 Å². The van der Waals surface area contributed by atoms with Crippen LogP contribution in [0, 0.1) is 0 Å². The van der Waals surface area contributed by atoms with Crippen LogP contribution in [0.1, 0.15) is 10.5 Å². The van der Waals surface area contributed by atoms with E-state index in [0.29, 0.717) is 33.1 Å². The third-order valence-corrected chi connectivity index (χ3v) is 3.87. The minimum atomic E-state index is 0.381. The van der Waals surface area contributed by atoms with Crippen molar-refractivity contribution in [2.45, 2.75) is 0 Å². The van der Waals surface area contributed by atoms with Crippen molar-refractivity contribution in [1.29, 1.82) is 0 Å². The summed E-state index contributed by atoms with van der Waals surface area (Å²) in [5.74, 6) is 0.927. The number of carbonyl (C=O) groups excluding carboxylic acids is 1. The number of hydrogen-bond acceptors (Lipinski definition) is 4. The number of rotatable bonds is 4. The molecule has 0 aliphatic rings. The van der Waals surface area contributed by atoms with Gasteiger partial charge >= 0.3 is 0 Å². The predicted octanol–water partition coefficient (Wildman–Crippen LogP) is 4.10. The third-order valence-electron chi connectivity index (χ3n) is 3.32. The van der Waals surface area contributed by atoms with Gasteiger partial charge in [-0.3, -0.25) is 14.3 Å². The van der Waals surface area contributed by atoms with Crippen LogP contribution in [0.5, 0.6) is 0 Å². The van der Waals surface area contributed by atoms with E-state index >= 15 is 0 Å². The SMILES string of the molecule is CNc1nc(-c2ncccc2Cl)n(-c2ccc(Cl)cc2)c1C=O. The molecule has 7 heteroatoms. The van der Waals surface area contributed by atoms with E-state index in [0.717, 1.165) is 12.0 Å². The monoisotopic (exact) mass is 346 g/mol. The number of halogens is 2. The molecular weight excluding hydrogens is 335 g/mol. The molecule has 3 aromatic rings. The Morgan fingerprint density at radius 2 is 1.91 bits per heavy atom. The molecule has 0 aliphatic carbocycles. The number of pyridine rings is 1. The maximum atomic E-state index is 11.6. The van der Waals surface area contributed by atoms with Crippen molar-refractivity contribution >= 4 is 35.3 Å². The molecule has 0 atom stereocenters. The molecule has 2 heterocycles. The summed E-state index contributed by atoms with van der Waals surface area (Å²) in [5, 5.41) is 3.97. The van der Waals surface area contributed by atoms with E-state index in [1.54, 1.807) is 54.2 Å². The Kier molecular flexibility index (Phi) is 4.32. The molecule has 0 unspecified atom stereocenters. The summed E-state index contributed by atoms with van der Waals surface area (Å²) in [6.07, 6.45) is 2.37. The molecule has 0 aliphatic heterocycles. The summed E-state index contributed by atoms with van der Waals surface area (Å²) < 4.78 is 1.70. The van der Waals surface area contributed by atoms with Crippen molar-refractivity contribution in [2.24, 2.45) is 0 Å². The smallest absolute Gasteiger partial charge is 0.170 e. The summed E-state index contributed by atoms with van der Waals surface area (Å²) in [4.78, 5) is 20.4. The first-order valence-corrected chi connectivity index (χ1v) is 7.53. The van der Waals surface area contributed by atoms with Crippen LogP contribution in [-0.4, -0.2) is 27.9 Å². The number of anilines is 1. The minimum absolute atomic E-state index is 0.381. The van der Waals surface area contributed by atoms with E-state index in [4.69, 9.17) is 23.2 Å². The summed E-state index contributed by atoms with van der Waals surface area (Å²) in [6, 6.07) is 10.6. The molecule has 23 heavy (non-hydrogen) atoms. The van der Waals surface area contributed by atoms with Crippen LogP contribution in [0.4, 0.5) is 5.82 Å². The second kappa shape index (κ2) is 6.40. The Balaban J connectivity index is 2.32. The zero-order chi connectivity index (χ0) is 16.4. The molecule has 0 bridgehead atoms. The van der Waals surface area contributed by atoms with Gasteiger partial charge in [0.2, 0.25) is 0 Å². The highest BCUT2D eigenvalue weighted by molar-refractivity contribution is 6.33. The van der Waals surface area contributed by atoms with Crippen LogP contribution in [0.2, 0.25) is 10.0 Å². The highest BCUT2D eigenvalue weighted by Gasteiger charge is 2.21. The van der Waals surface area contributed by atoms with Gasteiger partial charge in [-0.25, -0.2) is 4.98 Å². The highest BCUT2D eigenvalue weighted by Crippen LogP contribution is 2.31. The van der Waals surface area contributed by atoms with E-state index in [1.807, 2.05) is 0 Å². The first kappa shape index (κ1) is 15.5. The highest BCUT2D eigenvalue weighted by atomic mass is 35.5. The number of nitrogens with one attached hydrogen (secondary N) is 1. The molecule has 1 N–H and O–H groups in total. The standard InChI is InChI=1S/C16H12Cl2N4O/c1-19-15-13(9-23)22(11-6-4-10(17)5-7-11)16(21-15)14-12(18)3-2-8-20-14/h2-9,19H,1H3. The van der Waals surface area contributed by atoms with Gasteiger partial charge < -0.3 is 5.32 Å². The van der Waals surface area contributed by atoms with Crippen LogP contribution >= 0.6 is 23.2 Å². The number of benzene rings is 1. The Morgan fingerprint density at radius 3 is 2.52 bits per heavy atom. The Bertz CT molecular complexity index is 859. The molecule has 5 nitrogen and oxygen atoms in total. The van der Waals surface area contributed by atoms with Gasteiger partial charge in [-0.1, -0.05) is 23.2 Å². The molecular formula is C16H12Cl2N4O. The number of aldehydes is 1. The predicted molar refractivity (Wildman–Crippen MR) is 91.7 cm³/mol. The van der Waals surface area contributed by atoms with Crippen LogP contribution in [0.15, 0.2) is 42.6 Å². The molecule has 116 valence electrons. The van der Waals surface area contributed by atoms with E-state index in [-0.39, 0.29) is 0 Å². The molecule has 1 aromatic carbocycles. The molecule has 0 saturated heterocycles. The van der Waals surface area contributed by atoms with Crippen molar-refractivity contribution in [3.8, 4) is 17.2 Å². The summed E-state index contributed by atoms with van der Waals surface area (Å²) >= 11 is 12.2. The number of carbonyl (C=O) groups is 1. The summed E-state index contributed by atoms with van der Waals surface area (Å²) in [6.45, 7) is 0. The van der Waals surface area contributed by atoms with Crippen molar-refractivity contribution < 1.29 is 4.79 Å². The van der Waals surface area contributed by atoms with Crippen LogP contribution in [0.25, 0.3) is 17.2 Å². The van der Waals surface area contributed by atoms with E-state index in [2.05, 4.69) is 15.3 Å². The largest absolute Gasteiger partial charge is 0.371 e. The average Bonchev–Trinajstić information content (AvgIpc) is 2.94. The van der Waals surface area contributed by atoms with Crippen molar-refractivity contribution in [3.05, 3.63) is 58.3 Å². The maximum absolute atomic E-state index is 11.6. The lowest BCUT2D eigenvalue weighted by atomic mass is 10.2. The van der Waals surface area contributed by atoms with E-state index < -0.39 is 0 Å². The Hall–Kier alpha value is -2.37. The molecule has 0 spiro atoms. The average molecular weight is 347 g/mol. The van der Waals surface area contributed by atoms with Gasteiger partial charge in [0.25, 0.3) is 0 Å². The fourth-order valence-electron chi connectivity index (χ4n) is 2.29. The van der Waals surface area contributed by atoms with Gasteiger partial charge in [-0.05, 0) is 36.4 Å². The molecule has 3 rings (SSSR count). The van der Waals surface area contributed by atoms with Crippen molar-refractivity contribution in [2.75, 3.05) is 12.4 Å². The molecule has 0 saturated carbocycles. The third kappa shape index (κ3) is 2.81. The van der Waals surface area contributed by atoms with Gasteiger partial charge in [-0.2, -0.15) is 0 Å². The summed E-state index contributed by atoms with van der Waals surface area (Å²) in [5.41, 5.74) is 1.61. The van der Waals surface area contributed by atoms with Crippen LogP contribution in [0.3, 0.4) is 0 Å². The normalized spacial score (nSPS) is 10.6. The first-order valence-electron chi connectivity index (χ1n) is 6.78. The van der Waals surface area contributed by atoms with Gasteiger partial charge in [0.1, 0.15) is 11.4 Å². The van der Waals surface area contributed by atoms with E-state index in [9.17, 15) is 4.79 Å². The summed E-state index contributed by atoms with van der Waals surface area (Å²) in [7, 11) is 1.70. The molecule has 0 amide bonds. The zero-order valence-corrected chi connectivity index (χ0v) is 13.6. The Labute approximate surface area is 142 Å². The lowest BCUT2D eigenvalue weighted by molar-refractivity contribution is 0.111. The lowest BCUT2D eigenvalue weighted by Gasteiger charge is -2.10. The minimum Gasteiger partial charge on any atom is -0.371 e. The quantitative estimate of drug-likeness (QED) is 0.722. The zero-order valence-electron chi connectivity index (χ0n) is 12.1. The van der Waals surface area contributed by atoms with Crippen molar-refractivity contribution in [1.82, 2.24) is 14.5 Å². The first-order chi connectivity index (χ1) is 11.2. The van der Waals surface area contributed by atoms with Crippen LogP contribution in [-0.2, 0) is 0 Å². The number of aromatic nitrogens is 3. The van der Waals surface area contributed by atoms with Gasteiger partial charge in [0, 0.05) is 24.0 Å². The number of imidazole rings is 1. The Morgan fingerprint density at radius 1 is 1.17 bits per heavy atom. The molecule has 2 aromatic heterocycles. The van der Waals surface area contributed by atoms with Gasteiger partial charge in [-0.15, -0.1) is 0 Å². The maximum Gasteiger partial charge on any atom is 0.170 e. The van der Waals surface area contributed by atoms with Gasteiger partial charge in [0.15, 0.2) is 17.9 Å². The second-order valence-corrected chi connectivity index (χ2v) is 5.53. The lowest BCUT2D eigenvalue weighted by Crippen LogP contribution is -2.03. The fourth-order valence-corrected chi connectivity index (χ4v) is 2.62. The number of nitrogens with zero attached hydrogens (tertiary/aromatic N) is 3. The number of hydrogen-bond donors (Lipinski definition) is 1. The van der Waals surface area contributed by atoms with E-state index in [1.165, 1.54) is 0 Å². The topological polar surface area (TPSA) is 59.8 Å². The fraction of sp³-hybridized carbons (Fsp3) is 0.0625. The van der Waals surface area contributed by atoms with Gasteiger partial charge in [0.05, 0.1) is 5.02 Å². The van der Waals surface area contributed by atoms with Crippen molar-refractivity contribution in [3.63, 3.8) is 0 Å².